The van der Waals surface area contributed by atoms with Gasteiger partial charge in [-0.1, -0.05) is 19.1 Å². The highest BCUT2D eigenvalue weighted by Crippen LogP contribution is 2.30. The number of nitriles is 1. The SMILES string of the molecule is CC1(COc2ccc(-c3ccnc(Cc4ccc(N5CCN(CCO)CC5)cc4)n3)cc2C#N)COC1. The minimum absolute atomic E-state index is 0.0143. The molecule has 0 unspecified atom stereocenters. The molecule has 0 aliphatic carbocycles. The fourth-order valence-corrected chi connectivity index (χ4v) is 4.71. The zero-order valence-electron chi connectivity index (χ0n) is 21.3. The normalized spacial score (nSPS) is 17.2. The molecule has 8 heteroatoms. The van der Waals surface area contributed by atoms with Gasteiger partial charge in [-0.15, -0.1) is 0 Å². The lowest BCUT2D eigenvalue weighted by Gasteiger charge is -2.37. The van der Waals surface area contributed by atoms with Crippen LogP contribution in [-0.2, 0) is 11.2 Å². The van der Waals surface area contributed by atoms with Crippen molar-refractivity contribution in [2.24, 2.45) is 5.41 Å². The Labute approximate surface area is 218 Å². The maximum atomic E-state index is 9.69. The summed E-state index contributed by atoms with van der Waals surface area (Å²) in [6.45, 7) is 8.84. The van der Waals surface area contributed by atoms with Crippen molar-refractivity contribution < 1.29 is 14.6 Å². The van der Waals surface area contributed by atoms with Crippen molar-refractivity contribution in [1.82, 2.24) is 14.9 Å². The molecule has 1 N–H and O–H groups in total. The number of nitrogens with zero attached hydrogens (tertiary/aromatic N) is 5. The Hall–Kier alpha value is -3.51. The topological polar surface area (TPSA) is 94.7 Å². The molecule has 0 atom stereocenters. The first-order valence-electron chi connectivity index (χ1n) is 12.8. The molecule has 8 nitrogen and oxygen atoms in total. The molecule has 2 saturated heterocycles. The van der Waals surface area contributed by atoms with Crippen LogP contribution in [0.3, 0.4) is 0 Å². The molecule has 0 bridgehead atoms. The lowest BCUT2D eigenvalue weighted by Crippen LogP contribution is -2.47. The van der Waals surface area contributed by atoms with E-state index in [0.29, 0.717) is 37.6 Å². The van der Waals surface area contributed by atoms with Gasteiger partial charge in [0, 0.05) is 62.0 Å². The largest absolute Gasteiger partial charge is 0.491 e. The third kappa shape index (κ3) is 6.08. The van der Waals surface area contributed by atoms with Crippen LogP contribution in [-0.4, -0.2) is 79.1 Å². The predicted octanol–water partition coefficient (Wildman–Crippen LogP) is 3.14. The highest BCUT2D eigenvalue weighted by Gasteiger charge is 2.34. The zero-order valence-corrected chi connectivity index (χ0v) is 21.3. The smallest absolute Gasteiger partial charge is 0.137 e. The number of aliphatic hydroxyl groups excluding tert-OH is 1. The van der Waals surface area contributed by atoms with Gasteiger partial charge in [-0.2, -0.15) is 5.26 Å². The van der Waals surface area contributed by atoms with Crippen LogP contribution in [0.2, 0.25) is 0 Å². The molecule has 0 spiro atoms. The van der Waals surface area contributed by atoms with Crippen molar-refractivity contribution in [1.29, 1.82) is 5.26 Å². The molecule has 3 heterocycles. The molecule has 0 saturated carbocycles. The van der Waals surface area contributed by atoms with Gasteiger partial charge in [0.15, 0.2) is 0 Å². The third-order valence-electron chi connectivity index (χ3n) is 7.03. The van der Waals surface area contributed by atoms with Gasteiger partial charge in [-0.05, 0) is 42.0 Å². The first-order chi connectivity index (χ1) is 18.0. The molecule has 2 aromatic carbocycles. The van der Waals surface area contributed by atoms with Crippen LogP contribution in [0, 0.1) is 16.7 Å². The van der Waals surface area contributed by atoms with Gasteiger partial charge in [-0.25, -0.2) is 9.97 Å². The van der Waals surface area contributed by atoms with Crippen molar-refractivity contribution in [2.45, 2.75) is 13.3 Å². The molecule has 2 aliphatic heterocycles. The van der Waals surface area contributed by atoms with Gasteiger partial charge < -0.3 is 19.5 Å². The Morgan fingerprint density at radius 3 is 2.54 bits per heavy atom. The predicted molar refractivity (Wildman–Crippen MR) is 142 cm³/mol. The number of β-amino-alcohol motifs (C(OH)–C–C–N with tert-alkyl or cyclic N) is 1. The second-order valence-electron chi connectivity index (χ2n) is 10.2. The van der Waals surface area contributed by atoms with E-state index < -0.39 is 0 Å². The van der Waals surface area contributed by atoms with Crippen LogP contribution in [0.25, 0.3) is 11.3 Å². The van der Waals surface area contributed by atoms with E-state index in [1.807, 2.05) is 24.3 Å². The standard InChI is InChI=1S/C29H33N5O3/c1-29(19-36-20-29)21-37-27-7-4-23(17-24(27)18-30)26-8-9-31-28(32-26)16-22-2-5-25(6-3-22)34-12-10-33(11-13-34)14-15-35/h2-9,17,35H,10-16,19-21H2,1H3. The van der Waals surface area contributed by atoms with Crippen molar-refractivity contribution in [3.05, 3.63) is 71.7 Å². The monoisotopic (exact) mass is 499 g/mol. The average molecular weight is 500 g/mol. The summed E-state index contributed by atoms with van der Waals surface area (Å²) in [5.41, 5.74) is 4.52. The lowest BCUT2D eigenvalue weighted by molar-refractivity contribution is -0.120. The minimum Gasteiger partial charge on any atom is -0.491 e. The number of rotatable bonds is 9. The number of aromatic nitrogens is 2. The molecule has 3 aromatic rings. The summed E-state index contributed by atoms with van der Waals surface area (Å²) in [6.07, 6.45) is 2.40. The quantitative estimate of drug-likeness (QED) is 0.480. The van der Waals surface area contributed by atoms with Crippen LogP contribution in [0.15, 0.2) is 54.7 Å². The Morgan fingerprint density at radius 1 is 1.08 bits per heavy atom. The summed E-state index contributed by atoms with van der Waals surface area (Å²) in [4.78, 5) is 13.9. The summed E-state index contributed by atoms with van der Waals surface area (Å²) in [5.74, 6) is 1.32. The van der Waals surface area contributed by atoms with Gasteiger partial charge >= 0.3 is 0 Å². The van der Waals surface area contributed by atoms with Crippen LogP contribution in [0.1, 0.15) is 23.9 Å². The van der Waals surface area contributed by atoms with E-state index in [1.54, 1.807) is 6.20 Å². The molecule has 192 valence electrons. The van der Waals surface area contributed by atoms with Crippen LogP contribution in [0.4, 0.5) is 5.69 Å². The number of hydrogen-bond acceptors (Lipinski definition) is 8. The van der Waals surface area contributed by atoms with Crippen molar-refractivity contribution in [3.8, 4) is 23.1 Å². The molecule has 5 rings (SSSR count). The second-order valence-corrected chi connectivity index (χ2v) is 10.2. The van der Waals surface area contributed by atoms with Crippen LogP contribution < -0.4 is 9.64 Å². The van der Waals surface area contributed by atoms with E-state index in [1.165, 1.54) is 5.69 Å². The maximum Gasteiger partial charge on any atom is 0.137 e. The molecule has 37 heavy (non-hydrogen) atoms. The van der Waals surface area contributed by atoms with E-state index >= 15 is 0 Å². The zero-order chi connectivity index (χ0) is 25.7. The molecule has 1 aromatic heterocycles. The van der Waals surface area contributed by atoms with E-state index in [-0.39, 0.29) is 12.0 Å². The van der Waals surface area contributed by atoms with Gasteiger partial charge in [0.25, 0.3) is 0 Å². The summed E-state index contributed by atoms with van der Waals surface area (Å²) < 4.78 is 11.2. The Balaban J connectivity index is 1.23. The third-order valence-corrected chi connectivity index (χ3v) is 7.03. The highest BCUT2D eigenvalue weighted by molar-refractivity contribution is 5.64. The Bertz CT molecular complexity index is 1250. The van der Waals surface area contributed by atoms with Gasteiger partial charge in [0.2, 0.25) is 0 Å². The minimum atomic E-state index is 0.0143. The maximum absolute atomic E-state index is 9.69. The van der Waals surface area contributed by atoms with Crippen molar-refractivity contribution in [3.63, 3.8) is 0 Å². The van der Waals surface area contributed by atoms with Crippen LogP contribution in [0.5, 0.6) is 5.75 Å². The summed E-state index contributed by atoms with van der Waals surface area (Å²) >= 11 is 0. The summed E-state index contributed by atoms with van der Waals surface area (Å²) in [6, 6.07) is 18.3. The first kappa shape index (κ1) is 25.2. The number of aliphatic hydroxyl groups is 1. The fourth-order valence-electron chi connectivity index (χ4n) is 4.71. The van der Waals surface area contributed by atoms with E-state index in [0.717, 1.165) is 55.4 Å². The molecular weight excluding hydrogens is 466 g/mol. The van der Waals surface area contributed by atoms with Gasteiger partial charge in [-0.3, -0.25) is 4.90 Å². The fraction of sp³-hybridized carbons (Fsp3) is 0.414. The van der Waals surface area contributed by atoms with Crippen LogP contribution >= 0.6 is 0 Å². The van der Waals surface area contributed by atoms with E-state index in [9.17, 15) is 5.26 Å². The molecular formula is C29H33N5O3. The summed E-state index contributed by atoms with van der Waals surface area (Å²) in [7, 11) is 0. The number of anilines is 1. The van der Waals surface area contributed by atoms with E-state index in [2.05, 4.69) is 52.0 Å². The van der Waals surface area contributed by atoms with Gasteiger partial charge in [0.1, 0.15) is 17.6 Å². The van der Waals surface area contributed by atoms with Gasteiger partial charge in [0.05, 0.1) is 37.7 Å². The highest BCUT2D eigenvalue weighted by atomic mass is 16.5. The number of benzene rings is 2. The van der Waals surface area contributed by atoms with E-state index in [4.69, 9.17) is 19.6 Å². The number of piperazine rings is 1. The second kappa shape index (κ2) is 11.3. The Kier molecular flexibility index (Phi) is 7.65. The van der Waals surface area contributed by atoms with Crippen molar-refractivity contribution in [2.75, 3.05) is 64.1 Å². The Morgan fingerprint density at radius 2 is 1.86 bits per heavy atom. The molecule has 2 aliphatic rings. The number of hydrogen-bond donors (Lipinski definition) is 1. The van der Waals surface area contributed by atoms with Crippen molar-refractivity contribution >= 4 is 5.69 Å². The molecule has 0 amide bonds. The number of ether oxygens (including phenoxy) is 2. The summed E-state index contributed by atoms with van der Waals surface area (Å²) in [5, 5.41) is 18.8. The lowest BCUT2D eigenvalue weighted by atomic mass is 9.90. The first-order valence-corrected chi connectivity index (χ1v) is 12.8. The average Bonchev–Trinajstić information content (AvgIpc) is 2.92. The molecule has 2 fully saturated rings. The molecule has 0 radical (unpaired) electrons.